The molecule has 1 aliphatic carbocycles. The van der Waals surface area contributed by atoms with Crippen molar-refractivity contribution in [3.8, 4) is 0 Å². The highest BCUT2D eigenvalue weighted by Gasteiger charge is 2.33. The minimum Gasteiger partial charge on any atom is -0.377 e. The molecule has 0 aromatic rings. The summed E-state index contributed by atoms with van der Waals surface area (Å²) in [4.78, 5) is 11.5. The van der Waals surface area contributed by atoms with Gasteiger partial charge in [-0.3, -0.25) is 11.3 Å². The maximum absolute atomic E-state index is 11.5. The molecule has 0 bridgehead atoms. The third-order valence-electron chi connectivity index (χ3n) is 4.65. The van der Waals surface area contributed by atoms with E-state index in [4.69, 9.17) is 10.6 Å². The molecule has 0 aromatic heterocycles. The van der Waals surface area contributed by atoms with Crippen LogP contribution >= 0.6 is 0 Å². The lowest BCUT2D eigenvalue weighted by atomic mass is 9.82. The van der Waals surface area contributed by atoms with Crippen LogP contribution in [0.1, 0.15) is 72.6 Å². The van der Waals surface area contributed by atoms with Crippen molar-refractivity contribution in [1.29, 1.82) is 0 Å². The van der Waals surface area contributed by atoms with Crippen LogP contribution in [0, 0.1) is 0 Å². The predicted molar refractivity (Wildman–Crippen MR) is 94.8 cm³/mol. The average Bonchev–Trinajstić information content (AvgIpc) is 2.47. The topological polar surface area (TPSA) is 76.4 Å². The third-order valence-corrected chi connectivity index (χ3v) is 4.65. The Labute approximate surface area is 141 Å². The number of hydrogen-bond donors (Lipinski definition) is 3. The second kappa shape index (κ2) is 8.27. The molecule has 5 heteroatoms. The van der Waals surface area contributed by atoms with Gasteiger partial charge in [0.25, 0.3) is 0 Å². The molecule has 0 radical (unpaired) electrons. The molecule has 0 aromatic carbocycles. The number of nitrogens with two attached hydrogens (primary N) is 1. The molecule has 0 amide bonds. The number of hydrogen-bond acceptors (Lipinski definition) is 5. The molecule has 0 aliphatic heterocycles. The SMILES string of the molecule is C=C(CC(C)(C)OCCC(C)(C)NN)NC1(C=O)CCCCC1. The Balaban J connectivity index is 2.46. The summed E-state index contributed by atoms with van der Waals surface area (Å²) in [6, 6.07) is 0. The number of hydrazine groups is 1. The van der Waals surface area contributed by atoms with Crippen LogP contribution in [0.25, 0.3) is 0 Å². The summed E-state index contributed by atoms with van der Waals surface area (Å²) in [5, 5.41) is 3.38. The zero-order chi connectivity index (χ0) is 17.6. The molecule has 4 N–H and O–H groups in total. The molecule has 5 nitrogen and oxygen atoms in total. The standard InChI is InChI=1S/C18H35N3O2/c1-15(20-18(14-22)9-7-6-8-10-18)13-17(4,5)23-12-11-16(2,3)21-19/h14,20-21H,1,6-13,19H2,2-5H3. The van der Waals surface area contributed by atoms with Gasteiger partial charge in [-0.25, -0.2) is 0 Å². The van der Waals surface area contributed by atoms with Crippen LogP contribution < -0.4 is 16.6 Å². The van der Waals surface area contributed by atoms with Gasteiger partial charge >= 0.3 is 0 Å². The fraction of sp³-hybridized carbons (Fsp3) is 0.833. The molecule has 1 saturated carbocycles. The van der Waals surface area contributed by atoms with Crippen LogP contribution in [0.2, 0.25) is 0 Å². The summed E-state index contributed by atoms with van der Waals surface area (Å²) in [7, 11) is 0. The zero-order valence-electron chi connectivity index (χ0n) is 15.3. The molecule has 1 aliphatic rings. The van der Waals surface area contributed by atoms with Gasteiger partial charge < -0.3 is 14.8 Å². The Kier molecular flexibility index (Phi) is 7.24. The molecule has 0 heterocycles. The highest BCUT2D eigenvalue weighted by molar-refractivity contribution is 5.65. The van der Waals surface area contributed by atoms with E-state index in [1.807, 2.05) is 13.8 Å². The molecule has 1 fully saturated rings. The zero-order valence-corrected chi connectivity index (χ0v) is 15.3. The molecule has 0 atom stereocenters. The van der Waals surface area contributed by atoms with E-state index in [0.717, 1.165) is 44.1 Å². The second-order valence-corrected chi connectivity index (χ2v) is 8.13. The van der Waals surface area contributed by atoms with E-state index in [-0.39, 0.29) is 11.1 Å². The highest BCUT2D eigenvalue weighted by Crippen LogP contribution is 2.29. The minimum atomic E-state index is -0.420. The van der Waals surface area contributed by atoms with Crippen molar-refractivity contribution in [3.63, 3.8) is 0 Å². The molecule has 23 heavy (non-hydrogen) atoms. The summed E-state index contributed by atoms with van der Waals surface area (Å²) in [6.07, 6.45) is 7.77. The van der Waals surface area contributed by atoms with E-state index in [2.05, 4.69) is 31.2 Å². The monoisotopic (exact) mass is 325 g/mol. The van der Waals surface area contributed by atoms with E-state index < -0.39 is 5.54 Å². The summed E-state index contributed by atoms with van der Waals surface area (Å²) >= 11 is 0. The van der Waals surface area contributed by atoms with E-state index in [9.17, 15) is 4.79 Å². The van der Waals surface area contributed by atoms with Crippen LogP contribution in [0.15, 0.2) is 12.3 Å². The van der Waals surface area contributed by atoms with Gasteiger partial charge in [0.15, 0.2) is 0 Å². The lowest BCUT2D eigenvalue weighted by Crippen LogP contribution is -2.48. The first-order valence-corrected chi connectivity index (χ1v) is 8.68. The Morgan fingerprint density at radius 3 is 2.39 bits per heavy atom. The number of ether oxygens (including phenoxy) is 1. The van der Waals surface area contributed by atoms with Gasteiger partial charge in [-0.05, 0) is 47.0 Å². The fourth-order valence-corrected chi connectivity index (χ4v) is 3.07. The average molecular weight is 325 g/mol. The van der Waals surface area contributed by atoms with Crippen LogP contribution in [0.5, 0.6) is 0 Å². The molecule has 134 valence electrons. The number of rotatable bonds is 10. The van der Waals surface area contributed by atoms with Crippen molar-refractivity contribution < 1.29 is 9.53 Å². The van der Waals surface area contributed by atoms with Crippen LogP contribution in [-0.2, 0) is 9.53 Å². The van der Waals surface area contributed by atoms with Crippen molar-refractivity contribution in [2.45, 2.75) is 89.3 Å². The van der Waals surface area contributed by atoms with Crippen molar-refractivity contribution >= 4 is 6.29 Å². The highest BCUT2D eigenvalue weighted by atomic mass is 16.5. The lowest BCUT2D eigenvalue weighted by molar-refractivity contribution is -0.114. The van der Waals surface area contributed by atoms with Gasteiger partial charge in [-0.15, -0.1) is 0 Å². The Bertz CT molecular complexity index is 399. The second-order valence-electron chi connectivity index (χ2n) is 8.13. The Hall–Kier alpha value is -0.910. The quantitative estimate of drug-likeness (QED) is 0.327. The number of carbonyl (C=O) groups is 1. The lowest BCUT2D eigenvalue weighted by Gasteiger charge is -2.36. The summed E-state index contributed by atoms with van der Waals surface area (Å²) < 4.78 is 6.01. The van der Waals surface area contributed by atoms with Crippen molar-refractivity contribution in [2.75, 3.05) is 6.61 Å². The number of carbonyl (C=O) groups excluding carboxylic acids is 1. The van der Waals surface area contributed by atoms with Gasteiger partial charge in [0, 0.05) is 24.3 Å². The van der Waals surface area contributed by atoms with Crippen LogP contribution in [0.4, 0.5) is 0 Å². The van der Waals surface area contributed by atoms with Gasteiger partial charge in [-0.1, -0.05) is 25.8 Å². The van der Waals surface area contributed by atoms with Crippen molar-refractivity contribution in [1.82, 2.24) is 10.7 Å². The van der Waals surface area contributed by atoms with E-state index >= 15 is 0 Å². The molecular weight excluding hydrogens is 290 g/mol. The fourth-order valence-electron chi connectivity index (χ4n) is 3.07. The first-order valence-electron chi connectivity index (χ1n) is 8.68. The first-order chi connectivity index (χ1) is 10.6. The van der Waals surface area contributed by atoms with Gasteiger partial charge in [0.1, 0.15) is 6.29 Å². The maximum atomic E-state index is 11.5. The van der Waals surface area contributed by atoms with Crippen LogP contribution in [0.3, 0.4) is 0 Å². The Morgan fingerprint density at radius 1 is 1.26 bits per heavy atom. The molecule has 0 saturated heterocycles. The van der Waals surface area contributed by atoms with Gasteiger partial charge in [-0.2, -0.15) is 0 Å². The third kappa shape index (κ3) is 7.02. The Morgan fingerprint density at radius 2 is 1.87 bits per heavy atom. The molecular formula is C18H35N3O2. The normalized spacial score (nSPS) is 18.5. The van der Waals surface area contributed by atoms with E-state index in [1.54, 1.807) is 0 Å². The van der Waals surface area contributed by atoms with E-state index in [1.165, 1.54) is 6.42 Å². The maximum Gasteiger partial charge on any atom is 0.145 e. The molecule has 0 spiro atoms. The molecule has 1 rings (SSSR count). The first kappa shape index (κ1) is 20.1. The van der Waals surface area contributed by atoms with Crippen molar-refractivity contribution in [2.24, 2.45) is 5.84 Å². The van der Waals surface area contributed by atoms with Crippen LogP contribution in [-0.4, -0.2) is 29.6 Å². The van der Waals surface area contributed by atoms with Crippen molar-refractivity contribution in [3.05, 3.63) is 12.3 Å². The predicted octanol–water partition coefficient (Wildman–Crippen LogP) is 2.81. The number of nitrogens with one attached hydrogen (secondary N) is 2. The smallest absolute Gasteiger partial charge is 0.145 e. The van der Waals surface area contributed by atoms with E-state index in [0.29, 0.717) is 13.0 Å². The van der Waals surface area contributed by atoms with Gasteiger partial charge in [0.05, 0.1) is 11.1 Å². The largest absolute Gasteiger partial charge is 0.377 e. The minimum absolute atomic E-state index is 0.144. The summed E-state index contributed by atoms with van der Waals surface area (Å²) in [5.41, 5.74) is 2.77. The summed E-state index contributed by atoms with van der Waals surface area (Å²) in [6.45, 7) is 12.9. The summed E-state index contributed by atoms with van der Waals surface area (Å²) in [5.74, 6) is 5.51. The molecule has 0 unspecified atom stereocenters. The van der Waals surface area contributed by atoms with Gasteiger partial charge in [0.2, 0.25) is 0 Å². The number of aldehydes is 1.